The fourth-order valence-electron chi connectivity index (χ4n) is 1.68. The van der Waals surface area contributed by atoms with Gasteiger partial charge in [0.05, 0.1) is 0 Å². The maximum absolute atomic E-state index is 11.9. The van der Waals surface area contributed by atoms with E-state index >= 15 is 0 Å². The van der Waals surface area contributed by atoms with Crippen LogP contribution >= 0.6 is 12.2 Å². The zero-order valence-electron chi connectivity index (χ0n) is 10.6. The molecule has 0 atom stereocenters. The Morgan fingerprint density at radius 1 is 1.24 bits per heavy atom. The van der Waals surface area contributed by atoms with Crippen LogP contribution in [0.4, 0.5) is 5.69 Å². The van der Waals surface area contributed by atoms with Crippen LogP contribution in [-0.2, 0) is 13.1 Å². The highest BCUT2D eigenvalue weighted by Crippen LogP contribution is 2.03. The second-order valence-electron chi connectivity index (χ2n) is 4.22. The molecule has 4 nitrogen and oxygen atoms in total. The number of rotatable bonds is 6. The van der Waals surface area contributed by atoms with Crippen LogP contribution in [0.15, 0.2) is 11.0 Å². The molecule has 0 aliphatic carbocycles. The average molecular weight is 255 g/mol. The van der Waals surface area contributed by atoms with Crippen molar-refractivity contribution in [3.8, 4) is 0 Å². The fraction of sp³-hybridized carbons (Fsp3) is 0.667. The van der Waals surface area contributed by atoms with Crippen LogP contribution in [0.25, 0.3) is 0 Å². The zero-order chi connectivity index (χ0) is 12.8. The molecule has 17 heavy (non-hydrogen) atoms. The molecule has 96 valence electrons. The molecule has 1 heterocycles. The van der Waals surface area contributed by atoms with E-state index in [0.717, 1.165) is 32.2 Å². The molecule has 0 saturated carbocycles. The van der Waals surface area contributed by atoms with E-state index in [2.05, 4.69) is 13.8 Å². The number of hydrogen-bond acceptors (Lipinski definition) is 3. The summed E-state index contributed by atoms with van der Waals surface area (Å²) < 4.78 is 4.11. The number of nitrogens with zero attached hydrogens (tertiary/aromatic N) is 2. The van der Waals surface area contributed by atoms with Crippen LogP contribution in [0.5, 0.6) is 0 Å². The van der Waals surface area contributed by atoms with E-state index < -0.39 is 0 Å². The van der Waals surface area contributed by atoms with Crippen LogP contribution in [0.3, 0.4) is 0 Å². The molecule has 1 rings (SSSR count). The van der Waals surface area contributed by atoms with Crippen molar-refractivity contribution < 1.29 is 0 Å². The Balaban J connectivity index is 3.13. The van der Waals surface area contributed by atoms with Crippen LogP contribution in [-0.4, -0.2) is 9.13 Å². The molecule has 0 unspecified atom stereocenters. The quantitative estimate of drug-likeness (QED) is 0.795. The zero-order valence-corrected chi connectivity index (χ0v) is 11.4. The van der Waals surface area contributed by atoms with E-state index in [1.54, 1.807) is 10.8 Å². The van der Waals surface area contributed by atoms with Gasteiger partial charge in [-0.25, -0.2) is 0 Å². The van der Waals surface area contributed by atoms with Crippen molar-refractivity contribution in [3.05, 3.63) is 21.3 Å². The van der Waals surface area contributed by atoms with Crippen LogP contribution in [0, 0.1) is 4.77 Å². The molecule has 0 saturated heterocycles. The van der Waals surface area contributed by atoms with Gasteiger partial charge < -0.3 is 10.3 Å². The number of hydrogen-bond donors (Lipinski definition) is 1. The van der Waals surface area contributed by atoms with Gasteiger partial charge in [0.25, 0.3) is 5.56 Å². The van der Waals surface area contributed by atoms with Crippen LogP contribution in [0.1, 0.15) is 39.5 Å². The third-order valence-corrected chi connectivity index (χ3v) is 3.21. The minimum absolute atomic E-state index is 0.156. The molecular formula is C12H21N3OS. The number of aryl methyl sites for hydroxylation is 1. The lowest BCUT2D eigenvalue weighted by atomic mass is 10.3. The Bertz CT molecular complexity index is 476. The van der Waals surface area contributed by atoms with Crippen molar-refractivity contribution in [2.24, 2.45) is 0 Å². The molecule has 0 amide bonds. The molecule has 0 aliphatic rings. The number of unbranched alkanes of at least 4 members (excludes halogenated alkanes) is 2. The van der Waals surface area contributed by atoms with Crippen molar-refractivity contribution in [1.82, 2.24) is 9.13 Å². The molecule has 2 N–H and O–H groups in total. The minimum atomic E-state index is -0.156. The Labute approximate surface area is 107 Å². The summed E-state index contributed by atoms with van der Waals surface area (Å²) in [5, 5.41) is 0. The summed E-state index contributed by atoms with van der Waals surface area (Å²) in [5.41, 5.74) is 5.86. The highest BCUT2D eigenvalue weighted by Gasteiger charge is 2.05. The lowest BCUT2D eigenvalue weighted by Gasteiger charge is -2.12. The van der Waals surface area contributed by atoms with E-state index in [9.17, 15) is 4.79 Å². The normalized spacial score (nSPS) is 10.7. The molecular weight excluding hydrogens is 234 g/mol. The first-order chi connectivity index (χ1) is 8.11. The second-order valence-corrected chi connectivity index (χ2v) is 4.59. The summed E-state index contributed by atoms with van der Waals surface area (Å²) >= 11 is 5.34. The van der Waals surface area contributed by atoms with Gasteiger partial charge in [0.1, 0.15) is 5.69 Å². The lowest BCUT2D eigenvalue weighted by Crippen LogP contribution is -2.27. The van der Waals surface area contributed by atoms with E-state index in [0.29, 0.717) is 11.3 Å². The summed E-state index contributed by atoms with van der Waals surface area (Å²) in [6, 6.07) is 0. The Morgan fingerprint density at radius 2 is 1.82 bits per heavy atom. The third-order valence-electron chi connectivity index (χ3n) is 2.75. The minimum Gasteiger partial charge on any atom is -0.393 e. The van der Waals surface area contributed by atoms with Crippen LogP contribution in [0.2, 0.25) is 0 Å². The lowest BCUT2D eigenvalue weighted by molar-refractivity contribution is 0.536. The molecule has 0 aliphatic heterocycles. The molecule has 1 aromatic rings. The van der Waals surface area contributed by atoms with Crippen molar-refractivity contribution in [3.63, 3.8) is 0 Å². The summed E-state index contributed by atoms with van der Waals surface area (Å²) in [6.07, 6.45) is 5.78. The fourth-order valence-corrected chi connectivity index (χ4v) is 2.00. The number of nitrogens with two attached hydrogens (primary N) is 1. The first-order valence-electron chi connectivity index (χ1n) is 6.21. The molecule has 0 bridgehead atoms. The van der Waals surface area contributed by atoms with Crippen molar-refractivity contribution >= 4 is 17.9 Å². The molecule has 5 heteroatoms. The summed E-state index contributed by atoms with van der Waals surface area (Å²) in [4.78, 5) is 11.9. The van der Waals surface area contributed by atoms with Crippen LogP contribution < -0.4 is 11.3 Å². The first kappa shape index (κ1) is 14.0. The van der Waals surface area contributed by atoms with Gasteiger partial charge in [-0.1, -0.05) is 26.7 Å². The topological polar surface area (TPSA) is 52.9 Å². The smallest absolute Gasteiger partial charge is 0.277 e. The van der Waals surface area contributed by atoms with E-state index in [1.807, 2.05) is 4.57 Å². The maximum Gasteiger partial charge on any atom is 0.277 e. The van der Waals surface area contributed by atoms with Gasteiger partial charge in [0.2, 0.25) is 0 Å². The molecule has 0 radical (unpaired) electrons. The Hall–Kier alpha value is -1.10. The van der Waals surface area contributed by atoms with Gasteiger partial charge in [-0.15, -0.1) is 0 Å². The van der Waals surface area contributed by atoms with Gasteiger partial charge in [-0.2, -0.15) is 0 Å². The summed E-state index contributed by atoms with van der Waals surface area (Å²) in [6.45, 7) is 5.70. The predicted octanol–water partition coefficient (Wildman–Crippen LogP) is 2.56. The van der Waals surface area contributed by atoms with Crippen molar-refractivity contribution in [2.75, 3.05) is 5.73 Å². The molecule has 0 spiro atoms. The largest absolute Gasteiger partial charge is 0.393 e. The predicted molar refractivity (Wildman–Crippen MR) is 73.8 cm³/mol. The average Bonchev–Trinajstić information content (AvgIpc) is 2.32. The van der Waals surface area contributed by atoms with Gasteiger partial charge in [0, 0.05) is 19.3 Å². The number of aromatic nitrogens is 2. The van der Waals surface area contributed by atoms with Crippen molar-refractivity contribution in [2.45, 2.75) is 52.6 Å². The standard InChI is InChI=1S/C12H21N3OS/c1-3-5-7-14-9-10(13)11(16)15(12(14)17)8-6-4-2/h9H,3-8,13H2,1-2H3. The monoisotopic (exact) mass is 255 g/mol. The van der Waals surface area contributed by atoms with Gasteiger partial charge in [-0.3, -0.25) is 9.36 Å². The summed E-state index contributed by atoms with van der Waals surface area (Å²) in [7, 11) is 0. The highest BCUT2D eigenvalue weighted by molar-refractivity contribution is 7.71. The van der Waals surface area contributed by atoms with E-state index in [-0.39, 0.29) is 11.2 Å². The molecule has 0 aromatic carbocycles. The SMILES string of the molecule is CCCCn1cc(N)c(=O)n(CCCC)c1=S. The third kappa shape index (κ3) is 3.43. The highest BCUT2D eigenvalue weighted by atomic mass is 32.1. The molecule has 1 aromatic heterocycles. The van der Waals surface area contributed by atoms with Gasteiger partial charge >= 0.3 is 0 Å². The van der Waals surface area contributed by atoms with Gasteiger partial charge in [0.15, 0.2) is 4.77 Å². The first-order valence-corrected chi connectivity index (χ1v) is 6.62. The second kappa shape index (κ2) is 6.59. The maximum atomic E-state index is 11.9. The van der Waals surface area contributed by atoms with E-state index in [1.165, 1.54) is 0 Å². The Kier molecular flexibility index (Phi) is 5.41. The number of anilines is 1. The Morgan fingerprint density at radius 3 is 2.41 bits per heavy atom. The van der Waals surface area contributed by atoms with E-state index in [4.69, 9.17) is 18.0 Å². The summed E-state index contributed by atoms with van der Waals surface area (Å²) in [5.74, 6) is 0. The molecule has 0 fully saturated rings. The number of nitrogen functional groups attached to an aromatic ring is 1. The van der Waals surface area contributed by atoms with Gasteiger partial charge in [-0.05, 0) is 25.1 Å². The van der Waals surface area contributed by atoms with Crippen molar-refractivity contribution in [1.29, 1.82) is 0 Å².